The van der Waals surface area contributed by atoms with E-state index in [0.29, 0.717) is 0 Å². The zero-order valence-corrected chi connectivity index (χ0v) is 24.6. The summed E-state index contributed by atoms with van der Waals surface area (Å²) in [4.78, 5) is 2.46. The van der Waals surface area contributed by atoms with Gasteiger partial charge in [-0.2, -0.15) is 0 Å². The topological polar surface area (TPSA) is 27.8 Å². The molecule has 3 rings (SSSR count). The Bertz CT molecular complexity index is 1020. The van der Waals surface area contributed by atoms with Crippen LogP contribution in [0, 0.1) is 5.41 Å². The quantitative estimate of drug-likeness (QED) is 0.162. The molecule has 0 aromatic heterocycles. The van der Waals surface area contributed by atoms with E-state index in [4.69, 9.17) is 9.84 Å². The lowest BCUT2D eigenvalue weighted by atomic mass is 9.81. The highest BCUT2D eigenvalue weighted by Gasteiger charge is 2.62. The molecule has 0 spiro atoms. The van der Waals surface area contributed by atoms with Gasteiger partial charge in [0.15, 0.2) is 10.3 Å². The number of hydrogen-bond acceptors (Lipinski definition) is 4. The molecule has 0 radical (unpaired) electrons. The van der Waals surface area contributed by atoms with Gasteiger partial charge in [0.05, 0.1) is 6.21 Å². The Hall–Kier alpha value is -1.68. The van der Waals surface area contributed by atoms with E-state index in [1.54, 1.807) is 0 Å². The number of hydrazone groups is 1. The summed E-state index contributed by atoms with van der Waals surface area (Å²) >= 11 is 0. The smallest absolute Gasteiger partial charge is 0.350 e. The Morgan fingerprint density at radius 2 is 1.80 bits per heavy atom. The third-order valence-electron chi connectivity index (χ3n) is 7.06. The van der Waals surface area contributed by atoms with Gasteiger partial charge in [-0.1, -0.05) is 78.0 Å². The summed E-state index contributed by atoms with van der Waals surface area (Å²) < 4.78 is 8.93. The molecule has 1 aromatic rings. The molecule has 2 aliphatic rings. The van der Waals surface area contributed by atoms with Crippen LogP contribution in [0.3, 0.4) is 0 Å². The summed E-state index contributed by atoms with van der Waals surface area (Å²) in [5, 5.41) is 4.52. The first-order valence-electron chi connectivity index (χ1n) is 13.0. The van der Waals surface area contributed by atoms with E-state index in [9.17, 15) is 0 Å². The molecule has 0 fully saturated rings. The lowest BCUT2D eigenvalue weighted by Crippen LogP contribution is -2.28. The average molecular weight is 515 g/mol. The van der Waals surface area contributed by atoms with E-state index in [2.05, 4.69) is 106 Å². The highest BCUT2D eigenvalue weighted by Crippen LogP contribution is 2.62. The van der Waals surface area contributed by atoms with Crippen molar-refractivity contribution in [3.05, 3.63) is 65.8 Å². The van der Waals surface area contributed by atoms with Crippen molar-refractivity contribution in [1.29, 1.82) is 0 Å². The number of ether oxygens (including phenoxy) is 1. The minimum atomic E-state index is -0.555. The Labute approximate surface area is 217 Å². The molecule has 35 heavy (non-hydrogen) atoms. The number of hydrogen-bond donors (Lipinski definition) is 0. The molecule has 4 nitrogen and oxygen atoms in total. The molecule has 1 aliphatic carbocycles. The van der Waals surface area contributed by atoms with Crippen LogP contribution >= 0.6 is 6.85 Å². The molecule has 1 aromatic carbocycles. The van der Waals surface area contributed by atoms with Crippen molar-refractivity contribution in [2.45, 2.75) is 72.6 Å². The zero-order chi connectivity index (χ0) is 25.6. The monoisotopic (exact) mass is 514 g/mol. The van der Waals surface area contributed by atoms with Gasteiger partial charge in [0.2, 0.25) is 0 Å². The number of rotatable bonds is 12. The number of allylic oxidation sites excluding steroid dienone is 4. The van der Waals surface area contributed by atoms with Crippen molar-refractivity contribution >= 4 is 23.3 Å². The summed E-state index contributed by atoms with van der Waals surface area (Å²) in [6.07, 6.45) is 15.0. The van der Waals surface area contributed by atoms with Crippen LogP contribution in [-0.2, 0) is 16.7 Å². The SMILES string of the molecule is C=CC(CC)(Oc1ccc(CCN(CC)CC)cc1)[P+]1=S(C)N1N=CC1=CC=C(C(C)(C)C)CC1. The third kappa shape index (κ3) is 6.96. The first-order valence-corrected chi connectivity index (χ1v) is 16.5. The van der Waals surface area contributed by atoms with Crippen LogP contribution in [-0.4, -0.2) is 46.5 Å². The molecule has 0 bridgehead atoms. The molecular formula is C29H45N3OPS+. The number of benzene rings is 1. The normalized spacial score (nSPS) is 21.1. The van der Waals surface area contributed by atoms with Gasteiger partial charge in [-0.25, -0.2) is 0 Å². The van der Waals surface area contributed by atoms with Crippen LogP contribution in [0.4, 0.5) is 0 Å². The Kier molecular flexibility index (Phi) is 9.60. The van der Waals surface area contributed by atoms with Gasteiger partial charge >= 0.3 is 12.2 Å². The Morgan fingerprint density at radius 1 is 1.11 bits per heavy atom. The first kappa shape index (κ1) is 27.9. The fourth-order valence-electron chi connectivity index (χ4n) is 4.42. The molecule has 3 atom stereocenters. The molecule has 1 heterocycles. The van der Waals surface area contributed by atoms with Crippen molar-refractivity contribution in [2.24, 2.45) is 10.5 Å². The van der Waals surface area contributed by atoms with Crippen LogP contribution in [0.15, 0.2) is 65.3 Å². The number of likely N-dealkylation sites (N-methyl/N-ethyl adjacent to an activating group) is 1. The van der Waals surface area contributed by atoms with E-state index >= 15 is 0 Å². The largest absolute Gasteiger partial charge is 0.442 e. The zero-order valence-electron chi connectivity index (χ0n) is 22.9. The van der Waals surface area contributed by atoms with Gasteiger partial charge in [-0.15, -0.1) is 5.10 Å². The fraction of sp³-hybridized carbons (Fsp3) is 0.552. The second kappa shape index (κ2) is 12.0. The summed E-state index contributed by atoms with van der Waals surface area (Å²) in [6, 6.07) is 8.66. The third-order valence-corrected chi connectivity index (χ3v) is 13.6. The summed E-state index contributed by atoms with van der Waals surface area (Å²) in [5.74, 6) is 0.920. The standard InChI is InChI=1S/C29H45N3OPS/c1-9-29(10-2,33-27-19-15-24(16-20-27)21-22-31(11-3)12-4)34-32(35(34)8)30-23-25-13-17-26(18-14-25)28(5,6)7/h9,13,15-17,19-20,23H,1,10-12,14,18,21-22H2,2-8H3/q+1. The van der Waals surface area contributed by atoms with Crippen LogP contribution < -0.4 is 4.74 Å². The molecular weight excluding hydrogens is 469 g/mol. The van der Waals surface area contributed by atoms with Gasteiger partial charge in [0.1, 0.15) is 5.75 Å². The molecule has 0 amide bonds. The molecule has 0 N–H and O–H groups in total. The van der Waals surface area contributed by atoms with Gasteiger partial charge in [0, 0.05) is 25.3 Å². The minimum absolute atomic E-state index is 0.0859. The predicted molar refractivity (Wildman–Crippen MR) is 157 cm³/mol. The molecule has 3 unspecified atom stereocenters. The molecule has 6 heteroatoms. The molecule has 0 saturated carbocycles. The summed E-state index contributed by atoms with van der Waals surface area (Å²) in [7, 11) is 0.0859. The van der Waals surface area contributed by atoms with E-state index in [1.165, 1.54) is 16.7 Å². The van der Waals surface area contributed by atoms with Crippen LogP contribution in [0.2, 0.25) is 0 Å². The van der Waals surface area contributed by atoms with Gasteiger partial charge < -0.3 is 9.64 Å². The van der Waals surface area contributed by atoms with Crippen LogP contribution in [0.1, 0.15) is 66.4 Å². The lowest BCUT2D eigenvalue weighted by Gasteiger charge is -2.25. The van der Waals surface area contributed by atoms with Crippen molar-refractivity contribution < 1.29 is 4.74 Å². The van der Waals surface area contributed by atoms with Crippen molar-refractivity contribution in [3.63, 3.8) is 0 Å². The van der Waals surface area contributed by atoms with Crippen molar-refractivity contribution in [2.75, 3.05) is 25.9 Å². The first-order chi connectivity index (χ1) is 16.7. The van der Waals surface area contributed by atoms with Gasteiger partial charge in [-0.05, 0) is 65.2 Å². The Morgan fingerprint density at radius 3 is 2.31 bits per heavy atom. The Balaban J connectivity index is 1.66. The maximum absolute atomic E-state index is 6.66. The van der Waals surface area contributed by atoms with E-state index in [1.807, 2.05) is 6.08 Å². The molecule has 192 valence electrons. The average Bonchev–Trinajstić information content (AvgIpc) is 3.52. The fourth-order valence-corrected chi connectivity index (χ4v) is 11.1. The van der Waals surface area contributed by atoms with Crippen LogP contribution in [0.25, 0.3) is 0 Å². The molecule has 0 saturated heterocycles. The van der Waals surface area contributed by atoms with E-state index < -0.39 is 6.85 Å². The summed E-state index contributed by atoms with van der Waals surface area (Å²) in [5.41, 5.74) is 4.42. The lowest BCUT2D eigenvalue weighted by molar-refractivity contribution is 0.204. The predicted octanol–water partition coefficient (Wildman–Crippen LogP) is 7.71. The van der Waals surface area contributed by atoms with E-state index in [-0.39, 0.29) is 21.0 Å². The maximum atomic E-state index is 6.66. The highest BCUT2D eigenvalue weighted by atomic mass is 32.6. The van der Waals surface area contributed by atoms with Crippen molar-refractivity contribution in [1.82, 2.24) is 9.08 Å². The highest BCUT2D eigenvalue weighted by molar-refractivity contribution is 8.38. The second-order valence-corrected chi connectivity index (χ2v) is 16.1. The minimum Gasteiger partial charge on any atom is -0.442 e. The van der Waals surface area contributed by atoms with Crippen molar-refractivity contribution in [3.8, 4) is 5.75 Å². The maximum Gasteiger partial charge on any atom is 0.350 e. The second-order valence-electron chi connectivity index (χ2n) is 10.3. The van der Waals surface area contributed by atoms with Crippen LogP contribution in [0.5, 0.6) is 5.75 Å². The van der Waals surface area contributed by atoms with Gasteiger partial charge in [-0.3, -0.25) is 0 Å². The van der Waals surface area contributed by atoms with Gasteiger partial charge in [0.25, 0.3) is 0 Å². The molecule has 1 aliphatic heterocycles. The van der Waals surface area contributed by atoms with E-state index in [0.717, 1.165) is 51.1 Å². The number of nitrogens with zero attached hydrogens (tertiary/aromatic N) is 3. The summed E-state index contributed by atoms with van der Waals surface area (Å²) in [6.45, 7) is 20.4.